The minimum absolute atomic E-state index is 0.0788. The molecule has 1 unspecified atom stereocenters. The van der Waals surface area contributed by atoms with Crippen molar-refractivity contribution in [1.29, 1.82) is 0 Å². The van der Waals surface area contributed by atoms with Gasteiger partial charge in [-0.2, -0.15) is 0 Å². The largest absolute Gasteiger partial charge is 0.467 e. The lowest BCUT2D eigenvalue weighted by atomic mass is 10.00. The Morgan fingerprint density at radius 1 is 1.28 bits per heavy atom. The zero-order valence-electron chi connectivity index (χ0n) is 14.8. The van der Waals surface area contributed by atoms with Gasteiger partial charge in [-0.05, 0) is 50.2 Å². The Hall–Kier alpha value is -2.34. The summed E-state index contributed by atoms with van der Waals surface area (Å²) >= 11 is 5.35. The van der Waals surface area contributed by atoms with E-state index >= 15 is 0 Å². The van der Waals surface area contributed by atoms with E-state index in [2.05, 4.69) is 42.7 Å². The number of ether oxygens (including phenoxy) is 1. The number of thiocarbonyl (C=S) groups is 1. The molecule has 0 aliphatic carbocycles. The fraction of sp³-hybridized carbons (Fsp3) is 0.368. The summed E-state index contributed by atoms with van der Waals surface area (Å²) in [6.45, 7) is 6.30. The predicted molar refractivity (Wildman–Crippen MR) is 101 cm³/mol. The first-order chi connectivity index (χ1) is 11.9. The minimum atomic E-state index is -0.302. The molecule has 1 heterocycles. The normalized spacial score (nSPS) is 11.6. The Morgan fingerprint density at radius 2 is 2.00 bits per heavy atom. The molecule has 1 aromatic heterocycles. The van der Waals surface area contributed by atoms with Crippen molar-refractivity contribution >= 4 is 23.3 Å². The minimum Gasteiger partial charge on any atom is -0.467 e. The number of carbonyl (C=O) groups is 1. The van der Waals surface area contributed by atoms with Crippen molar-refractivity contribution in [3.05, 3.63) is 59.0 Å². The van der Waals surface area contributed by atoms with Crippen LogP contribution in [0.15, 0.2) is 41.0 Å². The van der Waals surface area contributed by atoms with Gasteiger partial charge in [-0.1, -0.05) is 29.3 Å². The number of furan rings is 1. The molecule has 2 N–H and O–H groups in total. The molecule has 0 aliphatic rings. The number of benzene rings is 1. The molecular formula is C19H24N2O3S. The third-order valence-corrected chi connectivity index (χ3v) is 3.87. The molecular weight excluding hydrogens is 336 g/mol. The first-order valence-electron chi connectivity index (χ1n) is 8.22. The van der Waals surface area contributed by atoms with E-state index in [1.165, 1.54) is 23.6 Å². The number of nitrogens with one attached hydrogen (secondary N) is 2. The van der Waals surface area contributed by atoms with Gasteiger partial charge in [-0.15, -0.1) is 0 Å². The van der Waals surface area contributed by atoms with Crippen LogP contribution in [0.2, 0.25) is 0 Å². The van der Waals surface area contributed by atoms with Crippen molar-refractivity contribution in [3.63, 3.8) is 0 Å². The highest BCUT2D eigenvalue weighted by atomic mass is 32.1. The predicted octanol–water partition coefficient (Wildman–Crippen LogP) is 3.21. The van der Waals surface area contributed by atoms with Crippen LogP contribution in [0.5, 0.6) is 0 Å². The molecule has 0 fully saturated rings. The van der Waals surface area contributed by atoms with Crippen LogP contribution in [0.1, 0.15) is 35.4 Å². The molecule has 0 saturated carbocycles. The fourth-order valence-electron chi connectivity index (χ4n) is 2.70. The maximum atomic E-state index is 10.8. The summed E-state index contributed by atoms with van der Waals surface area (Å²) in [6, 6.07) is 10.2. The van der Waals surface area contributed by atoms with Crippen molar-refractivity contribution in [2.75, 3.05) is 13.2 Å². The molecule has 25 heavy (non-hydrogen) atoms. The number of hydrogen-bond donors (Lipinski definition) is 2. The highest BCUT2D eigenvalue weighted by Gasteiger charge is 2.16. The summed E-state index contributed by atoms with van der Waals surface area (Å²) in [5.41, 5.74) is 3.68. The molecule has 0 spiro atoms. The van der Waals surface area contributed by atoms with Gasteiger partial charge in [-0.25, -0.2) is 0 Å². The van der Waals surface area contributed by atoms with Crippen LogP contribution >= 0.6 is 12.2 Å². The van der Waals surface area contributed by atoms with Gasteiger partial charge < -0.3 is 19.8 Å². The molecule has 0 amide bonds. The summed E-state index contributed by atoms with van der Waals surface area (Å²) in [5.74, 6) is 0.521. The summed E-state index contributed by atoms with van der Waals surface area (Å²) in [4.78, 5) is 10.8. The Labute approximate surface area is 153 Å². The molecule has 0 saturated heterocycles. The topological polar surface area (TPSA) is 63.5 Å². The number of carbonyl (C=O) groups excluding carboxylic acids is 1. The molecule has 6 heteroatoms. The van der Waals surface area contributed by atoms with Gasteiger partial charge in [0.25, 0.3) is 0 Å². The second-order valence-electron chi connectivity index (χ2n) is 6.01. The Bertz CT molecular complexity index is 693. The van der Waals surface area contributed by atoms with Gasteiger partial charge in [0, 0.05) is 6.92 Å². The van der Waals surface area contributed by atoms with Crippen LogP contribution in [-0.4, -0.2) is 24.2 Å². The van der Waals surface area contributed by atoms with Crippen molar-refractivity contribution in [1.82, 2.24) is 10.6 Å². The number of rotatable bonds is 7. The molecule has 0 bridgehead atoms. The number of esters is 1. The first-order valence-corrected chi connectivity index (χ1v) is 8.63. The fourth-order valence-corrected chi connectivity index (χ4v) is 2.95. The smallest absolute Gasteiger partial charge is 0.302 e. The first kappa shape index (κ1) is 19.0. The molecule has 1 aromatic carbocycles. The average molecular weight is 360 g/mol. The quantitative estimate of drug-likeness (QED) is 0.449. The highest BCUT2D eigenvalue weighted by molar-refractivity contribution is 7.80. The van der Waals surface area contributed by atoms with Crippen molar-refractivity contribution in [3.8, 4) is 0 Å². The summed E-state index contributed by atoms with van der Waals surface area (Å²) in [7, 11) is 0. The maximum absolute atomic E-state index is 10.8. The van der Waals surface area contributed by atoms with E-state index in [4.69, 9.17) is 21.4 Å². The number of hydrogen-bond acceptors (Lipinski definition) is 4. The van der Waals surface area contributed by atoms with Crippen LogP contribution in [0.4, 0.5) is 0 Å². The lowest BCUT2D eigenvalue weighted by Crippen LogP contribution is -2.40. The lowest BCUT2D eigenvalue weighted by Gasteiger charge is -2.20. The van der Waals surface area contributed by atoms with E-state index in [-0.39, 0.29) is 18.6 Å². The molecule has 1 atom stereocenters. The zero-order valence-corrected chi connectivity index (χ0v) is 15.6. The lowest BCUT2D eigenvalue weighted by molar-refractivity contribution is -0.140. The van der Waals surface area contributed by atoms with Crippen LogP contribution in [0.3, 0.4) is 0 Å². The standard InChI is InChI=1S/C19H24N2O3S/c1-13-9-14(2)11-16(10-13)12-17(18-5-4-7-24-18)21-19(25)20-6-8-23-15(3)22/h4-5,7,9-11,17H,6,8,12H2,1-3H3,(H2,20,21,25). The van der Waals surface area contributed by atoms with Crippen LogP contribution in [0, 0.1) is 13.8 Å². The summed E-state index contributed by atoms with van der Waals surface area (Å²) in [6.07, 6.45) is 2.41. The Kier molecular flexibility index (Phi) is 7.01. The SMILES string of the molecule is CC(=O)OCCNC(=S)NC(Cc1cc(C)cc(C)c1)c1ccco1. The van der Waals surface area contributed by atoms with Gasteiger partial charge in [0.05, 0.1) is 18.8 Å². The molecule has 0 aliphatic heterocycles. The molecule has 0 radical (unpaired) electrons. The van der Waals surface area contributed by atoms with Crippen molar-refractivity contribution < 1.29 is 13.9 Å². The van der Waals surface area contributed by atoms with E-state index in [9.17, 15) is 4.79 Å². The monoisotopic (exact) mass is 360 g/mol. The van der Waals surface area contributed by atoms with Gasteiger partial charge in [0.2, 0.25) is 0 Å². The van der Waals surface area contributed by atoms with E-state index in [0.717, 1.165) is 12.2 Å². The third kappa shape index (κ3) is 6.58. The van der Waals surface area contributed by atoms with Crippen molar-refractivity contribution in [2.45, 2.75) is 33.2 Å². The van der Waals surface area contributed by atoms with Gasteiger partial charge >= 0.3 is 5.97 Å². The maximum Gasteiger partial charge on any atom is 0.302 e. The average Bonchev–Trinajstić information content (AvgIpc) is 3.04. The highest BCUT2D eigenvalue weighted by Crippen LogP contribution is 2.20. The second-order valence-corrected chi connectivity index (χ2v) is 6.42. The van der Waals surface area contributed by atoms with E-state index in [1.54, 1.807) is 6.26 Å². The van der Waals surface area contributed by atoms with Crippen LogP contribution in [-0.2, 0) is 16.0 Å². The van der Waals surface area contributed by atoms with E-state index in [0.29, 0.717) is 11.7 Å². The van der Waals surface area contributed by atoms with Gasteiger partial charge in [0.1, 0.15) is 12.4 Å². The molecule has 134 valence electrons. The summed E-state index contributed by atoms with van der Waals surface area (Å²) in [5, 5.41) is 6.82. The zero-order chi connectivity index (χ0) is 18.2. The Balaban J connectivity index is 1.99. The number of aryl methyl sites for hydroxylation is 2. The van der Waals surface area contributed by atoms with E-state index in [1.807, 2.05) is 12.1 Å². The Morgan fingerprint density at radius 3 is 2.60 bits per heavy atom. The van der Waals surface area contributed by atoms with E-state index < -0.39 is 0 Å². The summed E-state index contributed by atoms with van der Waals surface area (Å²) < 4.78 is 10.5. The van der Waals surface area contributed by atoms with Crippen LogP contribution in [0.25, 0.3) is 0 Å². The van der Waals surface area contributed by atoms with Crippen molar-refractivity contribution in [2.24, 2.45) is 0 Å². The molecule has 2 rings (SSSR count). The third-order valence-electron chi connectivity index (χ3n) is 3.61. The molecule has 5 nitrogen and oxygen atoms in total. The van der Waals surface area contributed by atoms with Crippen LogP contribution < -0.4 is 10.6 Å². The molecule has 2 aromatic rings. The van der Waals surface area contributed by atoms with Gasteiger partial charge in [0.15, 0.2) is 5.11 Å². The second kappa shape index (κ2) is 9.22. The van der Waals surface area contributed by atoms with Gasteiger partial charge in [-0.3, -0.25) is 4.79 Å².